The number of amides is 2. The van der Waals surface area contributed by atoms with Gasteiger partial charge in [0.1, 0.15) is 5.54 Å². The van der Waals surface area contributed by atoms with Crippen LogP contribution >= 0.6 is 0 Å². The van der Waals surface area contributed by atoms with E-state index in [0.29, 0.717) is 18.8 Å². The van der Waals surface area contributed by atoms with Crippen LogP contribution in [0.3, 0.4) is 0 Å². The molecule has 2 amide bonds. The molecule has 0 bridgehead atoms. The van der Waals surface area contributed by atoms with E-state index in [9.17, 15) is 10.1 Å². The second-order valence-electron chi connectivity index (χ2n) is 8.40. The highest BCUT2D eigenvalue weighted by molar-refractivity contribution is 6.09. The Morgan fingerprint density at radius 1 is 0.935 bits per heavy atom. The molecule has 2 saturated heterocycles. The summed E-state index contributed by atoms with van der Waals surface area (Å²) in [6.45, 7) is 5.02. The Kier molecular flexibility index (Phi) is 4.53. The summed E-state index contributed by atoms with van der Waals surface area (Å²) in [5, 5.41) is 9.18. The number of anilines is 2. The lowest BCUT2D eigenvalue weighted by molar-refractivity contribution is -0.0580. The summed E-state index contributed by atoms with van der Waals surface area (Å²) in [4.78, 5) is 17.7. The molecule has 1 spiro atoms. The molecule has 3 aromatic rings. The van der Waals surface area contributed by atoms with Crippen molar-refractivity contribution in [3.8, 4) is 6.07 Å². The van der Waals surface area contributed by atoms with Crippen LogP contribution in [0.5, 0.6) is 0 Å². The summed E-state index contributed by atoms with van der Waals surface area (Å²) in [5.41, 5.74) is 5.09. The van der Waals surface area contributed by atoms with Gasteiger partial charge in [0.05, 0.1) is 30.9 Å². The highest BCUT2D eigenvalue weighted by Gasteiger charge is 2.62. The molecule has 2 aliphatic rings. The molecule has 31 heavy (non-hydrogen) atoms. The summed E-state index contributed by atoms with van der Waals surface area (Å²) in [6, 6.07) is 25.5. The van der Waals surface area contributed by atoms with Crippen LogP contribution in [-0.2, 0) is 4.74 Å². The second kappa shape index (κ2) is 7.26. The number of benzene rings is 3. The Labute approximate surface area is 182 Å². The van der Waals surface area contributed by atoms with E-state index in [0.717, 1.165) is 28.1 Å². The van der Waals surface area contributed by atoms with Crippen molar-refractivity contribution in [3.63, 3.8) is 0 Å². The number of urea groups is 1. The van der Waals surface area contributed by atoms with E-state index in [1.54, 1.807) is 12.1 Å². The van der Waals surface area contributed by atoms with Gasteiger partial charge in [-0.2, -0.15) is 5.26 Å². The van der Waals surface area contributed by atoms with Crippen molar-refractivity contribution >= 4 is 17.4 Å². The molecule has 154 valence electrons. The van der Waals surface area contributed by atoms with Gasteiger partial charge in [-0.15, -0.1) is 0 Å². The monoisotopic (exact) mass is 409 g/mol. The smallest absolute Gasteiger partial charge is 0.330 e. The minimum Gasteiger partial charge on any atom is -0.376 e. The van der Waals surface area contributed by atoms with E-state index in [1.165, 1.54) is 0 Å². The van der Waals surface area contributed by atoms with Crippen LogP contribution < -0.4 is 9.80 Å². The zero-order valence-corrected chi connectivity index (χ0v) is 17.6. The molecule has 0 aliphatic carbocycles. The molecule has 0 radical (unpaired) electrons. The van der Waals surface area contributed by atoms with Crippen LogP contribution in [0.15, 0.2) is 72.8 Å². The van der Waals surface area contributed by atoms with Crippen LogP contribution in [0.2, 0.25) is 0 Å². The summed E-state index contributed by atoms with van der Waals surface area (Å²) >= 11 is 0. The Morgan fingerprint density at radius 2 is 1.61 bits per heavy atom. The third-order valence-electron chi connectivity index (χ3n) is 6.24. The van der Waals surface area contributed by atoms with Crippen molar-refractivity contribution < 1.29 is 9.53 Å². The molecule has 1 atom stereocenters. The lowest BCUT2D eigenvalue weighted by Crippen LogP contribution is -2.62. The van der Waals surface area contributed by atoms with Gasteiger partial charge in [-0.05, 0) is 55.8 Å². The zero-order chi connectivity index (χ0) is 21.6. The molecule has 0 saturated carbocycles. The SMILES string of the molecule is Cc1ccc(N2C(=O)N(c3ccc(C#N)cc3)C3(COC3)C2c2cccc(C)c2)cc1. The summed E-state index contributed by atoms with van der Waals surface area (Å²) < 4.78 is 5.72. The standard InChI is InChI=1S/C26H23N3O2/c1-18-6-10-22(11-7-18)28-24(21-5-3-4-19(2)14-21)26(16-31-17-26)29(25(28)30)23-12-8-20(15-27)9-13-23/h3-14,24H,16-17H2,1-2H3. The molecule has 2 aliphatic heterocycles. The fraction of sp³-hybridized carbons (Fsp3) is 0.231. The van der Waals surface area contributed by atoms with Crippen molar-refractivity contribution in [2.75, 3.05) is 23.0 Å². The molecular weight excluding hydrogens is 386 g/mol. The quantitative estimate of drug-likeness (QED) is 0.602. The van der Waals surface area contributed by atoms with Crippen molar-refractivity contribution in [2.24, 2.45) is 0 Å². The highest BCUT2D eigenvalue weighted by Crippen LogP contribution is 2.51. The molecule has 0 aromatic heterocycles. The van der Waals surface area contributed by atoms with Gasteiger partial charge in [0.2, 0.25) is 0 Å². The van der Waals surface area contributed by atoms with Crippen LogP contribution in [0.25, 0.3) is 0 Å². The lowest BCUT2D eigenvalue weighted by Gasteiger charge is -2.47. The van der Waals surface area contributed by atoms with E-state index >= 15 is 0 Å². The van der Waals surface area contributed by atoms with Crippen molar-refractivity contribution in [1.29, 1.82) is 5.26 Å². The number of carbonyl (C=O) groups excluding carboxylic acids is 1. The molecule has 5 heteroatoms. The topological polar surface area (TPSA) is 56.6 Å². The molecule has 1 unspecified atom stereocenters. The van der Waals surface area contributed by atoms with Crippen molar-refractivity contribution in [3.05, 3.63) is 95.1 Å². The second-order valence-corrected chi connectivity index (χ2v) is 8.40. The first-order valence-corrected chi connectivity index (χ1v) is 10.4. The van der Waals surface area contributed by atoms with Crippen LogP contribution in [-0.4, -0.2) is 24.8 Å². The highest BCUT2D eigenvalue weighted by atomic mass is 16.5. The number of ether oxygens (including phenoxy) is 1. The minimum absolute atomic E-state index is 0.0802. The van der Waals surface area contributed by atoms with E-state index in [4.69, 9.17) is 4.74 Å². The Hall–Kier alpha value is -3.62. The van der Waals surface area contributed by atoms with Crippen molar-refractivity contribution in [1.82, 2.24) is 0 Å². The van der Waals surface area contributed by atoms with Gasteiger partial charge in [0.15, 0.2) is 0 Å². The number of nitrogens with zero attached hydrogens (tertiary/aromatic N) is 3. The largest absolute Gasteiger partial charge is 0.376 e. The van der Waals surface area contributed by atoms with Gasteiger partial charge >= 0.3 is 6.03 Å². The molecule has 2 fully saturated rings. The predicted molar refractivity (Wildman–Crippen MR) is 120 cm³/mol. The average molecular weight is 409 g/mol. The Bertz CT molecular complexity index is 1170. The average Bonchev–Trinajstić information content (AvgIpc) is 3.04. The zero-order valence-electron chi connectivity index (χ0n) is 17.6. The predicted octanol–water partition coefficient (Wildman–Crippen LogP) is 5.13. The van der Waals surface area contributed by atoms with Gasteiger partial charge in [-0.25, -0.2) is 4.79 Å². The third kappa shape index (κ3) is 2.99. The first-order valence-electron chi connectivity index (χ1n) is 10.4. The number of nitriles is 1. The Balaban J connectivity index is 1.69. The summed E-state index contributed by atoms with van der Waals surface area (Å²) in [7, 11) is 0. The molecule has 5 nitrogen and oxygen atoms in total. The first-order chi connectivity index (χ1) is 15.0. The molecule has 3 aromatic carbocycles. The van der Waals surface area contributed by atoms with Crippen LogP contribution in [0.1, 0.15) is 28.3 Å². The number of rotatable bonds is 3. The first kappa shape index (κ1) is 19.3. The molecular formula is C26H23N3O2. The maximum Gasteiger partial charge on any atom is 0.330 e. The van der Waals surface area contributed by atoms with Gasteiger partial charge in [-0.1, -0.05) is 47.5 Å². The van der Waals surface area contributed by atoms with Gasteiger partial charge in [0, 0.05) is 11.4 Å². The van der Waals surface area contributed by atoms with Gasteiger partial charge < -0.3 is 4.74 Å². The van der Waals surface area contributed by atoms with Crippen molar-refractivity contribution in [2.45, 2.75) is 25.4 Å². The maximum absolute atomic E-state index is 14.0. The molecule has 2 heterocycles. The third-order valence-corrected chi connectivity index (χ3v) is 6.24. The summed E-state index contributed by atoms with van der Waals surface area (Å²) in [5.74, 6) is 0. The number of carbonyl (C=O) groups is 1. The molecule has 5 rings (SSSR count). The summed E-state index contributed by atoms with van der Waals surface area (Å²) in [6.07, 6.45) is 0. The number of hydrogen-bond donors (Lipinski definition) is 0. The molecule has 0 N–H and O–H groups in total. The van der Waals surface area contributed by atoms with E-state index < -0.39 is 5.54 Å². The van der Waals surface area contributed by atoms with Gasteiger partial charge in [0.25, 0.3) is 0 Å². The number of hydrogen-bond acceptors (Lipinski definition) is 3. The van der Waals surface area contributed by atoms with E-state index in [1.807, 2.05) is 59.2 Å². The van der Waals surface area contributed by atoms with E-state index in [-0.39, 0.29) is 12.1 Å². The fourth-order valence-corrected chi connectivity index (χ4v) is 4.69. The van der Waals surface area contributed by atoms with Crippen LogP contribution in [0, 0.1) is 25.2 Å². The number of aryl methyl sites for hydroxylation is 2. The Morgan fingerprint density at radius 3 is 2.19 bits per heavy atom. The lowest BCUT2D eigenvalue weighted by atomic mass is 9.82. The van der Waals surface area contributed by atoms with E-state index in [2.05, 4.69) is 31.2 Å². The van der Waals surface area contributed by atoms with Crippen LogP contribution in [0.4, 0.5) is 16.2 Å². The fourth-order valence-electron chi connectivity index (χ4n) is 4.69. The van der Waals surface area contributed by atoms with Gasteiger partial charge in [-0.3, -0.25) is 9.80 Å². The minimum atomic E-state index is -0.510. The normalized spacial score (nSPS) is 19.4. The maximum atomic E-state index is 14.0.